The highest BCUT2D eigenvalue weighted by molar-refractivity contribution is 5.80. The van der Waals surface area contributed by atoms with Gasteiger partial charge < -0.3 is 20.1 Å². The van der Waals surface area contributed by atoms with Crippen LogP contribution in [0.5, 0.6) is 0 Å². The zero-order valence-electron chi connectivity index (χ0n) is 16.6. The lowest BCUT2D eigenvalue weighted by atomic mass is 10.1. The van der Waals surface area contributed by atoms with E-state index in [4.69, 9.17) is 4.99 Å². The van der Waals surface area contributed by atoms with Gasteiger partial charge in [-0.1, -0.05) is 6.92 Å². The Labute approximate surface area is 160 Å². The summed E-state index contributed by atoms with van der Waals surface area (Å²) < 4.78 is 3.92. The summed E-state index contributed by atoms with van der Waals surface area (Å²) in [7, 11) is 1.96. The van der Waals surface area contributed by atoms with Gasteiger partial charge in [0.2, 0.25) is 0 Å². The van der Waals surface area contributed by atoms with Gasteiger partial charge in [0.05, 0.1) is 18.4 Å². The molecule has 0 radical (unpaired) electrons. The molecule has 2 aromatic heterocycles. The molecule has 0 bridgehead atoms. The maximum absolute atomic E-state index is 4.74. The first-order chi connectivity index (χ1) is 13.2. The second-order valence-electron chi connectivity index (χ2n) is 6.86. The highest BCUT2D eigenvalue weighted by atomic mass is 15.3. The quantitative estimate of drug-likeness (QED) is 0.551. The van der Waals surface area contributed by atoms with Crippen LogP contribution >= 0.6 is 0 Å². The lowest BCUT2D eigenvalue weighted by Crippen LogP contribution is -2.51. The minimum absolute atomic E-state index is 0.373. The van der Waals surface area contributed by atoms with E-state index in [1.807, 2.05) is 17.9 Å². The molecule has 9 heteroatoms. The molecule has 1 aliphatic rings. The SMILES string of the molecule is CCNC(=NCCn1cnnc1CC)NC1CCCN(c2cnn(C)c2)C1. The Morgan fingerprint density at radius 1 is 1.37 bits per heavy atom. The molecule has 2 aromatic rings. The van der Waals surface area contributed by atoms with Gasteiger partial charge >= 0.3 is 0 Å². The predicted molar refractivity (Wildman–Crippen MR) is 107 cm³/mol. The Hall–Kier alpha value is -2.58. The van der Waals surface area contributed by atoms with E-state index >= 15 is 0 Å². The molecule has 27 heavy (non-hydrogen) atoms. The molecule has 1 fully saturated rings. The minimum Gasteiger partial charge on any atom is -0.367 e. The van der Waals surface area contributed by atoms with Gasteiger partial charge in [-0.3, -0.25) is 9.67 Å². The zero-order chi connectivity index (χ0) is 19.1. The number of aliphatic imine (C=N–C) groups is 1. The first kappa shape index (κ1) is 19.2. The number of aryl methyl sites for hydroxylation is 2. The van der Waals surface area contributed by atoms with Crippen LogP contribution in [0.4, 0.5) is 5.69 Å². The first-order valence-electron chi connectivity index (χ1n) is 9.84. The molecule has 0 amide bonds. The van der Waals surface area contributed by atoms with Crippen LogP contribution in [0, 0.1) is 0 Å². The topological polar surface area (TPSA) is 88.2 Å². The van der Waals surface area contributed by atoms with Crippen molar-refractivity contribution < 1.29 is 0 Å². The fourth-order valence-corrected chi connectivity index (χ4v) is 3.42. The minimum atomic E-state index is 0.373. The summed E-state index contributed by atoms with van der Waals surface area (Å²) >= 11 is 0. The molecule has 0 spiro atoms. The van der Waals surface area contributed by atoms with Crippen molar-refractivity contribution in [2.75, 3.05) is 31.1 Å². The molecule has 9 nitrogen and oxygen atoms in total. The molecule has 3 rings (SSSR count). The van der Waals surface area contributed by atoms with Gasteiger partial charge in [-0.25, -0.2) is 0 Å². The smallest absolute Gasteiger partial charge is 0.191 e. The summed E-state index contributed by atoms with van der Waals surface area (Å²) in [6.07, 6.45) is 8.98. The Morgan fingerprint density at radius 2 is 2.26 bits per heavy atom. The number of anilines is 1. The highest BCUT2D eigenvalue weighted by Gasteiger charge is 2.21. The van der Waals surface area contributed by atoms with Crippen molar-refractivity contribution in [1.29, 1.82) is 0 Å². The molecule has 0 aromatic carbocycles. The third kappa shape index (κ3) is 5.21. The number of hydrogen-bond acceptors (Lipinski definition) is 5. The van der Waals surface area contributed by atoms with Crippen LogP contribution in [0.1, 0.15) is 32.5 Å². The fraction of sp³-hybridized carbons (Fsp3) is 0.667. The van der Waals surface area contributed by atoms with Crippen LogP contribution < -0.4 is 15.5 Å². The summed E-state index contributed by atoms with van der Waals surface area (Å²) in [6.45, 7) is 8.55. The molecule has 1 unspecified atom stereocenters. The molecule has 1 aliphatic heterocycles. The second kappa shape index (κ2) is 9.38. The van der Waals surface area contributed by atoms with Gasteiger partial charge in [-0.2, -0.15) is 5.10 Å². The molecule has 0 saturated carbocycles. The molecule has 1 saturated heterocycles. The number of piperidine rings is 1. The van der Waals surface area contributed by atoms with E-state index in [2.05, 4.69) is 55.4 Å². The monoisotopic (exact) mass is 373 g/mol. The van der Waals surface area contributed by atoms with Gasteiger partial charge in [0, 0.05) is 51.9 Å². The van der Waals surface area contributed by atoms with Crippen molar-refractivity contribution in [3.63, 3.8) is 0 Å². The van der Waals surface area contributed by atoms with E-state index in [1.165, 1.54) is 5.69 Å². The lowest BCUT2D eigenvalue weighted by molar-refractivity contribution is 0.467. The summed E-state index contributed by atoms with van der Waals surface area (Å²) in [5.41, 5.74) is 1.19. The van der Waals surface area contributed by atoms with Crippen molar-refractivity contribution in [2.24, 2.45) is 12.0 Å². The van der Waals surface area contributed by atoms with E-state index < -0.39 is 0 Å². The fourth-order valence-electron chi connectivity index (χ4n) is 3.42. The molecule has 148 valence electrons. The van der Waals surface area contributed by atoms with Gasteiger partial charge in [-0.15, -0.1) is 10.2 Å². The van der Waals surface area contributed by atoms with Crippen LogP contribution in [0.25, 0.3) is 0 Å². The number of nitrogens with zero attached hydrogens (tertiary/aromatic N) is 7. The highest BCUT2D eigenvalue weighted by Crippen LogP contribution is 2.18. The Bertz CT molecular complexity index is 733. The molecule has 0 aliphatic carbocycles. The molecule has 3 heterocycles. The second-order valence-corrected chi connectivity index (χ2v) is 6.86. The van der Waals surface area contributed by atoms with E-state index in [1.54, 1.807) is 6.33 Å². The van der Waals surface area contributed by atoms with Gasteiger partial charge in [0.1, 0.15) is 12.2 Å². The van der Waals surface area contributed by atoms with Crippen molar-refractivity contribution in [3.05, 3.63) is 24.5 Å². The summed E-state index contributed by atoms with van der Waals surface area (Å²) in [5, 5.41) is 19.4. The zero-order valence-corrected chi connectivity index (χ0v) is 16.6. The van der Waals surface area contributed by atoms with E-state index in [9.17, 15) is 0 Å². The van der Waals surface area contributed by atoms with E-state index in [-0.39, 0.29) is 0 Å². The van der Waals surface area contributed by atoms with Crippen LogP contribution in [-0.4, -0.2) is 62.7 Å². The number of aromatic nitrogens is 5. The van der Waals surface area contributed by atoms with Gasteiger partial charge in [0.25, 0.3) is 0 Å². The van der Waals surface area contributed by atoms with Crippen LogP contribution in [0.15, 0.2) is 23.7 Å². The van der Waals surface area contributed by atoms with E-state index in [0.717, 1.165) is 57.2 Å². The molecular weight excluding hydrogens is 342 g/mol. The number of hydrogen-bond donors (Lipinski definition) is 2. The van der Waals surface area contributed by atoms with Crippen molar-refractivity contribution >= 4 is 11.6 Å². The normalized spacial score (nSPS) is 18.0. The van der Waals surface area contributed by atoms with Crippen LogP contribution in [-0.2, 0) is 20.0 Å². The van der Waals surface area contributed by atoms with Crippen molar-refractivity contribution in [2.45, 2.75) is 45.7 Å². The predicted octanol–water partition coefficient (Wildman–Crippen LogP) is 0.798. The maximum Gasteiger partial charge on any atom is 0.191 e. The van der Waals surface area contributed by atoms with Crippen LogP contribution in [0.3, 0.4) is 0 Å². The Kier molecular flexibility index (Phi) is 6.67. The lowest BCUT2D eigenvalue weighted by Gasteiger charge is -2.34. The summed E-state index contributed by atoms with van der Waals surface area (Å²) in [6, 6.07) is 0.373. The molecule has 2 N–H and O–H groups in total. The number of nitrogens with one attached hydrogen (secondary N) is 2. The first-order valence-corrected chi connectivity index (χ1v) is 9.84. The van der Waals surface area contributed by atoms with E-state index in [0.29, 0.717) is 12.6 Å². The average molecular weight is 374 g/mol. The number of rotatable bonds is 7. The molecular formula is C18H31N9. The standard InChI is InChI=1S/C18H31N9/c1-4-17-24-21-14-27(17)10-8-20-18(19-5-2)23-15-7-6-9-26(12-15)16-11-22-25(3)13-16/h11,13-15H,4-10,12H2,1-3H3,(H2,19,20,23). The largest absolute Gasteiger partial charge is 0.367 e. The van der Waals surface area contributed by atoms with Crippen LogP contribution in [0.2, 0.25) is 0 Å². The van der Waals surface area contributed by atoms with Gasteiger partial charge in [0.15, 0.2) is 5.96 Å². The Morgan fingerprint density at radius 3 is 3.00 bits per heavy atom. The average Bonchev–Trinajstić information content (AvgIpc) is 3.31. The maximum atomic E-state index is 4.74. The third-order valence-electron chi connectivity index (χ3n) is 4.79. The van der Waals surface area contributed by atoms with Crippen molar-refractivity contribution in [1.82, 2.24) is 35.2 Å². The van der Waals surface area contributed by atoms with Gasteiger partial charge in [-0.05, 0) is 19.8 Å². The molecule has 1 atom stereocenters. The summed E-state index contributed by atoms with van der Waals surface area (Å²) in [4.78, 5) is 7.13. The summed E-state index contributed by atoms with van der Waals surface area (Å²) in [5.74, 6) is 1.88. The third-order valence-corrected chi connectivity index (χ3v) is 4.79. The Balaban J connectivity index is 1.56. The van der Waals surface area contributed by atoms with Crippen molar-refractivity contribution in [3.8, 4) is 0 Å². The number of guanidine groups is 1.